The molecule has 0 spiro atoms. The fourth-order valence-corrected chi connectivity index (χ4v) is 2.64. The van der Waals surface area contributed by atoms with Crippen molar-refractivity contribution in [1.29, 1.82) is 0 Å². The van der Waals surface area contributed by atoms with Gasteiger partial charge in [-0.1, -0.05) is 12.1 Å². The van der Waals surface area contributed by atoms with E-state index in [1.165, 1.54) is 6.07 Å². The van der Waals surface area contributed by atoms with E-state index < -0.39 is 0 Å². The Morgan fingerprint density at radius 2 is 2.05 bits per heavy atom. The lowest BCUT2D eigenvalue weighted by Crippen LogP contribution is -2.21. The zero-order valence-electron chi connectivity index (χ0n) is 11.7. The summed E-state index contributed by atoms with van der Waals surface area (Å²) < 4.78 is 14.1. The second kappa shape index (κ2) is 6.41. The molecule has 1 N–H and O–H groups in total. The quantitative estimate of drug-likeness (QED) is 0.927. The Balaban J connectivity index is 2.34. The zero-order chi connectivity index (χ0) is 14.7. The number of nitrogens with one attached hydrogen (secondary N) is 1. The van der Waals surface area contributed by atoms with E-state index in [4.69, 9.17) is 0 Å². The lowest BCUT2D eigenvalue weighted by atomic mass is 9.98. The smallest absolute Gasteiger partial charge is 0.137 e. The summed E-state index contributed by atoms with van der Waals surface area (Å²) >= 11 is 3.31. The fraction of sp³-hybridized carbons (Fsp3) is 0.333. The van der Waals surface area contributed by atoms with Gasteiger partial charge in [0.15, 0.2) is 0 Å². The number of likely N-dealkylation sites (N-methyl/N-ethyl adjacent to an activating group) is 1. The Morgan fingerprint density at radius 3 is 2.75 bits per heavy atom. The minimum atomic E-state index is -0.238. The van der Waals surface area contributed by atoms with Crippen molar-refractivity contribution in [1.82, 2.24) is 15.5 Å². The lowest BCUT2D eigenvalue weighted by Gasteiger charge is -2.19. The van der Waals surface area contributed by atoms with E-state index in [0.29, 0.717) is 10.9 Å². The topological polar surface area (TPSA) is 37.8 Å². The molecule has 0 aliphatic rings. The second-order valence-corrected chi connectivity index (χ2v) is 5.58. The first-order valence-electron chi connectivity index (χ1n) is 6.44. The molecule has 1 heterocycles. The van der Waals surface area contributed by atoms with E-state index in [1.807, 2.05) is 33.0 Å². The van der Waals surface area contributed by atoms with Crippen LogP contribution >= 0.6 is 15.9 Å². The molecule has 0 saturated heterocycles. The summed E-state index contributed by atoms with van der Waals surface area (Å²) in [6, 6.07) is 7.20. The van der Waals surface area contributed by atoms with Gasteiger partial charge in [-0.15, -0.1) is 0 Å². The van der Waals surface area contributed by atoms with Crippen LogP contribution in [-0.4, -0.2) is 17.2 Å². The summed E-state index contributed by atoms with van der Waals surface area (Å²) in [7, 11) is 1.90. The van der Waals surface area contributed by atoms with Crippen LogP contribution in [0.25, 0.3) is 0 Å². The summed E-state index contributed by atoms with van der Waals surface area (Å²) in [5, 5.41) is 11.5. The molecule has 0 bridgehead atoms. The van der Waals surface area contributed by atoms with E-state index >= 15 is 0 Å². The van der Waals surface area contributed by atoms with Gasteiger partial charge in [0.05, 0.1) is 15.9 Å². The van der Waals surface area contributed by atoms with E-state index in [2.05, 4.69) is 31.4 Å². The van der Waals surface area contributed by atoms with Crippen LogP contribution in [0.2, 0.25) is 0 Å². The van der Waals surface area contributed by atoms with Crippen LogP contribution in [0, 0.1) is 19.7 Å². The maximum Gasteiger partial charge on any atom is 0.137 e. The van der Waals surface area contributed by atoms with Crippen LogP contribution in [-0.2, 0) is 6.42 Å². The molecular weight excluding hydrogens is 321 g/mol. The molecule has 0 radical (unpaired) electrons. The highest BCUT2D eigenvalue weighted by Crippen LogP contribution is 2.26. The van der Waals surface area contributed by atoms with Crippen molar-refractivity contribution in [2.24, 2.45) is 0 Å². The Kier molecular flexibility index (Phi) is 4.83. The van der Waals surface area contributed by atoms with Gasteiger partial charge >= 0.3 is 0 Å². The first kappa shape index (κ1) is 15.1. The number of rotatable bonds is 4. The SMILES string of the molecule is CNC(Cc1cccc(F)c1Br)c1cc(C)nnc1C. The molecule has 1 aromatic heterocycles. The van der Waals surface area contributed by atoms with Gasteiger partial charge in [-0.3, -0.25) is 0 Å². The Labute approximate surface area is 126 Å². The van der Waals surface area contributed by atoms with Crippen LogP contribution in [0.3, 0.4) is 0 Å². The Bertz CT molecular complexity index is 616. The normalized spacial score (nSPS) is 12.4. The number of benzene rings is 1. The number of hydrogen-bond donors (Lipinski definition) is 1. The molecule has 0 amide bonds. The van der Waals surface area contributed by atoms with E-state index in [1.54, 1.807) is 6.07 Å². The first-order chi connectivity index (χ1) is 9.52. The highest BCUT2D eigenvalue weighted by Gasteiger charge is 2.16. The predicted molar refractivity (Wildman–Crippen MR) is 81.1 cm³/mol. The summed E-state index contributed by atoms with van der Waals surface area (Å²) in [5.74, 6) is -0.238. The second-order valence-electron chi connectivity index (χ2n) is 4.78. The molecular formula is C15H17BrFN3. The lowest BCUT2D eigenvalue weighted by molar-refractivity contribution is 0.572. The number of halogens is 2. The fourth-order valence-electron chi connectivity index (χ4n) is 2.22. The molecule has 1 unspecified atom stereocenters. The van der Waals surface area contributed by atoms with Gasteiger partial charge in [0.1, 0.15) is 5.82 Å². The van der Waals surface area contributed by atoms with Crippen molar-refractivity contribution >= 4 is 15.9 Å². The van der Waals surface area contributed by atoms with Crippen LogP contribution in [0.1, 0.15) is 28.6 Å². The van der Waals surface area contributed by atoms with Gasteiger partial charge in [0.2, 0.25) is 0 Å². The molecule has 0 aliphatic heterocycles. The van der Waals surface area contributed by atoms with Crippen molar-refractivity contribution in [2.75, 3.05) is 7.05 Å². The maximum absolute atomic E-state index is 13.6. The average molecular weight is 338 g/mol. The molecule has 2 rings (SSSR count). The highest BCUT2D eigenvalue weighted by molar-refractivity contribution is 9.10. The van der Waals surface area contributed by atoms with Gasteiger partial charge in [0, 0.05) is 6.04 Å². The van der Waals surface area contributed by atoms with Crippen molar-refractivity contribution in [2.45, 2.75) is 26.3 Å². The summed E-state index contributed by atoms with van der Waals surface area (Å²) in [6.07, 6.45) is 0.681. The number of aryl methyl sites for hydroxylation is 2. The number of aromatic nitrogens is 2. The van der Waals surface area contributed by atoms with E-state index in [9.17, 15) is 4.39 Å². The van der Waals surface area contributed by atoms with Gasteiger partial charge in [0.25, 0.3) is 0 Å². The summed E-state index contributed by atoms with van der Waals surface area (Å²) in [4.78, 5) is 0. The van der Waals surface area contributed by atoms with E-state index in [-0.39, 0.29) is 11.9 Å². The molecule has 0 aliphatic carbocycles. The number of nitrogens with zero attached hydrogens (tertiary/aromatic N) is 2. The third-order valence-electron chi connectivity index (χ3n) is 3.32. The monoisotopic (exact) mass is 337 g/mol. The molecule has 0 saturated carbocycles. The van der Waals surface area contributed by atoms with Gasteiger partial charge < -0.3 is 5.32 Å². The minimum Gasteiger partial charge on any atom is -0.313 e. The molecule has 2 aromatic rings. The molecule has 0 fully saturated rings. The maximum atomic E-state index is 13.6. The van der Waals surface area contributed by atoms with Crippen molar-refractivity contribution in [3.63, 3.8) is 0 Å². The predicted octanol–water partition coefficient (Wildman–Crippen LogP) is 3.50. The van der Waals surface area contributed by atoms with Crippen molar-refractivity contribution in [3.8, 4) is 0 Å². The Morgan fingerprint density at radius 1 is 1.30 bits per heavy atom. The van der Waals surface area contributed by atoms with Crippen LogP contribution in [0.15, 0.2) is 28.7 Å². The van der Waals surface area contributed by atoms with Crippen LogP contribution in [0.5, 0.6) is 0 Å². The summed E-state index contributed by atoms with van der Waals surface area (Å²) in [5.41, 5.74) is 3.79. The molecule has 20 heavy (non-hydrogen) atoms. The summed E-state index contributed by atoms with van der Waals surface area (Å²) in [6.45, 7) is 3.85. The van der Waals surface area contributed by atoms with E-state index in [0.717, 1.165) is 22.5 Å². The van der Waals surface area contributed by atoms with Gasteiger partial charge in [-0.2, -0.15) is 10.2 Å². The Hall–Kier alpha value is -1.33. The molecule has 1 aromatic carbocycles. The zero-order valence-corrected chi connectivity index (χ0v) is 13.3. The largest absolute Gasteiger partial charge is 0.313 e. The number of hydrogen-bond acceptors (Lipinski definition) is 3. The van der Waals surface area contributed by atoms with Crippen LogP contribution < -0.4 is 5.32 Å². The standard InChI is InChI=1S/C15H17BrFN3/c1-9-7-12(10(2)20-19-9)14(18-3)8-11-5-4-6-13(17)15(11)16/h4-7,14,18H,8H2,1-3H3. The molecule has 1 atom stereocenters. The molecule has 5 heteroatoms. The van der Waals surface area contributed by atoms with Gasteiger partial charge in [-0.05, 0) is 66.5 Å². The highest BCUT2D eigenvalue weighted by atomic mass is 79.9. The third-order valence-corrected chi connectivity index (χ3v) is 4.21. The van der Waals surface area contributed by atoms with Crippen molar-refractivity contribution in [3.05, 3.63) is 57.1 Å². The molecule has 106 valence electrons. The van der Waals surface area contributed by atoms with Crippen molar-refractivity contribution < 1.29 is 4.39 Å². The minimum absolute atomic E-state index is 0.0716. The first-order valence-corrected chi connectivity index (χ1v) is 7.23. The third kappa shape index (κ3) is 3.22. The average Bonchev–Trinajstić information content (AvgIpc) is 2.43. The van der Waals surface area contributed by atoms with Gasteiger partial charge in [-0.25, -0.2) is 4.39 Å². The van der Waals surface area contributed by atoms with Crippen LogP contribution in [0.4, 0.5) is 4.39 Å². The molecule has 3 nitrogen and oxygen atoms in total.